The van der Waals surface area contributed by atoms with E-state index < -0.39 is 30.8 Å². The molecule has 0 radical (unpaired) electrons. The fourth-order valence-electron chi connectivity index (χ4n) is 4.03. The predicted molar refractivity (Wildman–Crippen MR) is 127 cm³/mol. The Morgan fingerprint density at radius 3 is 2.61 bits per heavy atom. The van der Waals surface area contributed by atoms with E-state index in [0.29, 0.717) is 47.7 Å². The molecule has 1 fully saturated rings. The summed E-state index contributed by atoms with van der Waals surface area (Å²) in [6, 6.07) is 5.64. The van der Waals surface area contributed by atoms with Crippen LogP contribution in [-0.2, 0) is 0 Å². The molecule has 4 rings (SSSR count). The van der Waals surface area contributed by atoms with Gasteiger partial charge in [-0.1, -0.05) is 19.9 Å². The van der Waals surface area contributed by atoms with Crippen molar-refractivity contribution in [3.63, 3.8) is 0 Å². The summed E-state index contributed by atoms with van der Waals surface area (Å²) in [6.07, 6.45) is -6.45. The fourth-order valence-corrected chi connectivity index (χ4v) is 4.03. The maximum Gasteiger partial charge on any atom is 0.416 e. The molecule has 1 unspecified atom stereocenters. The van der Waals surface area contributed by atoms with Crippen LogP contribution in [0.25, 0.3) is 22.3 Å². The number of aliphatic hydroxyl groups excluding tert-OH is 1. The fraction of sp³-hybridized carbons (Fsp3) is 0.458. The van der Waals surface area contributed by atoms with Crippen molar-refractivity contribution in [1.82, 2.24) is 20.3 Å². The Balaban J connectivity index is 1.59. The molecule has 3 aromatic rings. The second kappa shape index (κ2) is 10.5. The third kappa shape index (κ3) is 5.98. The zero-order valence-corrected chi connectivity index (χ0v) is 19.7. The molecule has 3 heterocycles. The molecule has 0 saturated carbocycles. The smallest absolute Gasteiger partial charge is 0.382 e. The summed E-state index contributed by atoms with van der Waals surface area (Å²) in [5, 5.41) is 17.6. The summed E-state index contributed by atoms with van der Waals surface area (Å²) in [7, 11) is 0. The van der Waals surface area contributed by atoms with Crippen LogP contribution in [0.5, 0.6) is 0 Å². The van der Waals surface area contributed by atoms with E-state index in [0.717, 1.165) is 5.56 Å². The average molecular weight is 511 g/mol. The summed E-state index contributed by atoms with van der Waals surface area (Å²) in [5.41, 5.74) is 2.66. The number of alkyl halides is 4. The number of nitrogens with one attached hydrogen (secondary N) is 3. The molecule has 3 atom stereocenters. The van der Waals surface area contributed by atoms with Crippen LogP contribution < -0.4 is 16.0 Å². The summed E-state index contributed by atoms with van der Waals surface area (Å²) >= 11 is 0. The lowest BCUT2D eigenvalue weighted by Crippen LogP contribution is -2.44. The highest BCUT2D eigenvalue weighted by molar-refractivity contribution is 5.82. The van der Waals surface area contributed by atoms with Crippen LogP contribution in [-0.4, -0.2) is 64.2 Å². The summed E-state index contributed by atoms with van der Waals surface area (Å²) in [4.78, 5) is 13.5. The van der Waals surface area contributed by atoms with Crippen LogP contribution in [0.3, 0.4) is 0 Å². The monoisotopic (exact) mass is 510 g/mol. The van der Waals surface area contributed by atoms with Gasteiger partial charge in [0.05, 0.1) is 23.1 Å². The van der Waals surface area contributed by atoms with Crippen LogP contribution in [0.2, 0.25) is 0 Å². The maximum atomic E-state index is 14.6. The number of pyridine rings is 1. The largest absolute Gasteiger partial charge is 0.416 e. The first-order valence-corrected chi connectivity index (χ1v) is 11.6. The molecule has 1 aliphatic rings. The molecule has 0 aliphatic carbocycles. The van der Waals surface area contributed by atoms with Crippen LogP contribution in [0.4, 0.5) is 33.6 Å². The molecule has 12 heteroatoms. The van der Waals surface area contributed by atoms with E-state index >= 15 is 0 Å². The van der Waals surface area contributed by atoms with Crippen molar-refractivity contribution in [2.75, 3.05) is 30.3 Å². The van der Waals surface area contributed by atoms with E-state index in [1.165, 1.54) is 18.2 Å². The quantitative estimate of drug-likeness (QED) is 0.350. The molecular weight excluding hydrogens is 483 g/mol. The summed E-state index contributed by atoms with van der Waals surface area (Å²) in [5.74, 6) is -0.376. The van der Waals surface area contributed by atoms with Gasteiger partial charge in [0.1, 0.15) is 17.5 Å². The zero-order chi connectivity index (χ0) is 26.0. The van der Waals surface area contributed by atoms with E-state index in [1.807, 2.05) is 13.8 Å². The van der Waals surface area contributed by atoms with E-state index in [2.05, 4.69) is 30.9 Å². The van der Waals surface area contributed by atoms with E-state index in [1.54, 1.807) is 12.3 Å². The average Bonchev–Trinajstić information content (AvgIpc) is 2.81. The second-order valence-corrected chi connectivity index (χ2v) is 9.14. The second-order valence-electron chi connectivity index (χ2n) is 9.14. The standard InChI is InChI=1S/C24H27F5N6O/c1-12(2)16-7-19(13-3-4-18(17(26)5-13)31-11-21(36)24(27,28)29)34-20-10-32-23(35-22(16)20)33-15-6-14(25)8-30-9-15/h3-5,7,10,12,14-15,21,30-31,36H,6,8-9,11H2,1-2H3,(H,32,33,35)/t14-,15-,21?/m0/s1. The van der Waals surface area contributed by atoms with Gasteiger partial charge in [-0.3, -0.25) is 0 Å². The van der Waals surface area contributed by atoms with Crippen LogP contribution in [0.1, 0.15) is 31.7 Å². The lowest BCUT2D eigenvalue weighted by atomic mass is 9.99. The topological polar surface area (TPSA) is 95.0 Å². The van der Waals surface area contributed by atoms with E-state index in [4.69, 9.17) is 5.11 Å². The van der Waals surface area contributed by atoms with Gasteiger partial charge in [-0.25, -0.2) is 23.7 Å². The van der Waals surface area contributed by atoms with Crippen molar-refractivity contribution in [3.8, 4) is 11.3 Å². The number of fused-ring (bicyclic) bond motifs is 1. The molecule has 1 aliphatic heterocycles. The Labute approximate surface area is 204 Å². The van der Waals surface area contributed by atoms with Crippen molar-refractivity contribution in [2.45, 2.75) is 50.7 Å². The third-order valence-corrected chi connectivity index (χ3v) is 5.96. The third-order valence-electron chi connectivity index (χ3n) is 5.96. The predicted octanol–water partition coefficient (Wildman–Crippen LogP) is 4.40. The minimum Gasteiger partial charge on any atom is -0.382 e. The summed E-state index contributed by atoms with van der Waals surface area (Å²) in [6.45, 7) is 4.01. The first-order chi connectivity index (χ1) is 17.0. The van der Waals surface area contributed by atoms with Crippen LogP contribution >= 0.6 is 0 Å². The van der Waals surface area contributed by atoms with Crippen molar-refractivity contribution < 1.29 is 27.1 Å². The number of rotatable bonds is 7. The number of benzene rings is 1. The first kappa shape index (κ1) is 26.0. The highest BCUT2D eigenvalue weighted by atomic mass is 19.4. The van der Waals surface area contributed by atoms with Crippen molar-refractivity contribution in [2.24, 2.45) is 0 Å². The minimum atomic E-state index is -4.80. The molecule has 1 saturated heterocycles. The Morgan fingerprint density at radius 2 is 1.94 bits per heavy atom. The van der Waals surface area contributed by atoms with Gasteiger partial charge in [0.25, 0.3) is 0 Å². The van der Waals surface area contributed by atoms with Crippen LogP contribution in [0.15, 0.2) is 30.5 Å². The van der Waals surface area contributed by atoms with Gasteiger partial charge in [0.2, 0.25) is 5.95 Å². The SMILES string of the molecule is CC(C)c1cc(-c2ccc(NCC(O)C(F)(F)F)c(F)c2)nc2cnc(N[C@@H]3CNC[C@@H](F)C3)nc12. The van der Waals surface area contributed by atoms with Gasteiger partial charge in [0, 0.05) is 37.7 Å². The van der Waals surface area contributed by atoms with Crippen molar-refractivity contribution >= 4 is 22.7 Å². The van der Waals surface area contributed by atoms with Gasteiger partial charge in [0.15, 0.2) is 6.10 Å². The molecule has 4 N–H and O–H groups in total. The van der Waals surface area contributed by atoms with Gasteiger partial charge in [-0.2, -0.15) is 13.2 Å². The first-order valence-electron chi connectivity index (χ1n) is 11.6. The highest BCUT2D eigenvalue weighted by Crippen LogP contribution is 2.31. The molecule has 0 amide bonds. The zero-order valence-electron chi connectivity index (χ0n) is 19.7. The lowest BCUT2D eigenvalue weighted by molar-refractivity contribution is -0.198. The number of aromatic nitrogens is 3. The maximum absolute atomic E-state index is 14.6. The Bertz CT molecular complexity index is 1220. The Hall–Kier alpha value is -3.12. The molecule has 0 bridgehead atoms. The van der Waals surface area contributed by atoms with E-state index in [-0.39, 0.29) is 17.6 Å². The van der Waals surface area contributed by atoms with Gasteiger partial charge in [-0.05, 0) is 29.7 Å². The lowest BCUT2D eigenvalue weighted by Gasteiger charge is -2.26. The van der Waals surface area contributed by atoms with Crippen molar-refractivity contribution in [3.05, 3.63) is 41.8 Å². The van der Waals surface area contributed by atoms with E-state index in [9.17, 15) is 22.0 Å². The normalized spacial score (nSPS) is 19.5. The molecule has 0 spiro atoms. The Morgan fingerprint density at radius 1 is 1.17 bits per heavy atom. The molecule has 194 valence electrons. The summed E-state index contributed by atoms with van der Waals surface area (Å²) < 4.78 is 65.9. The molecule has 36 heavy (non-hydrogen) atoms. The Kier molecular flexibility index (Phi) is 7.55. The number of nitrogens with zero attached hydrogens (tertiary/aromatic N) is 3. The van der Waals surface area contributed by atoms with Crippen molar-refractivity contribution in [1.29, 1.82) is 0 Å². The number of hydrogen-bond donors (Lipinski definition) is 4. The molecule has 2 aromatic heterocycles. The molecule has 7 nitrogen and oxygen atoms in total. The molecular formula is C24H27F5N6O. The van der Waals surface area contributed by atoms with Gasteiger partial charge >= 0.3 is 6.18 Å². The van der Waals surface area contributed by atoms with Gasteiger partial charge < -0.3 is 21.1 Å². The number of hydrogen-bond acceptors (Lipinski definition) is 7. The van der Waals surface area contributed by atoms with Crippen LogP contribution in [0, 0.1) is 5.82 Å². The minimum absolute atomic E-state index is 0.0400. The number of anilines is 2. The molecule has 1 aromatic carbocycles. The highest BCUT2D eigenvalue weighted by Gasteiger charge is 2.38. The number of halogens is 5. The number of aliphatic hydroxyl groups is 1. The number of piperidine rings is 1. The van der Waals surface area contributed by atoms with Gasteiger partial charge in [-0.15, -0.1) is 0 Å².